The van der Waals surface area contributed by atoms with Crippen LogP contribution in [0.25, 0.3) is 0 Å². The van der Waals surface area contributed by atoms with Crippen molar-refractivity contribution in [1.29, 1.82) is 0 Å². The number of esters is 1. The average Bonchev–Trinajstić information content (AvgIpc) is 3.11. The Morgan fingerprint density at radius 1 is 1.06 bits per heavy atom. The third-order valence-corrected chi connectivity index (χ3v) is 5.32. The van der Waals surface area contributed by atoms with E-state index in [9.17, 15) is 19.7 Å². The van der Waals surface area contributed by atoms with E-state index in [0.717, 1.165) is 5.56 Å². The van der Waals surface area contributed by atoms with Gasteiger partial charge in [0, 0.05) is 0 Å². The lowest BCUT2D eigenvalue weighted by atomic mass is 10.1. The number of nitrogens with one attached hydrogen (secondary N) is 1. The number of amides is 1. The molecule has 2 aromatic carbocycles. The number of carbonyl (C=O) groups excluding carboxylic acids is 2. The van der Waals surface area contributed by atoms with Crippen LogP contribution in [0.4, 0.5) is 5.69 Å². The topological polar surface area (TPSA) is 129 Å². The van der Waals surface area contributed by atoms with Crippen molar-refractivity contribution in [3.63, 3.8) is 0 Å². The molecule has 0 aliphatic carbocycles. The summed E-state index contributed by atoms with van der Waals surface area (Å²) in [5, 5.41) is 19.4. The number of aryl methyl sites for hydroxylation is 2. The Morgan fingerprint density at radius 2 is 1.65 bits per heavy atom. The van der Waals surface area contributed by atoms with Gasteiger partial charge in [-0.3, -0.25) is 19.6 Å². The molecule has 1 heterocycles. The minimum Gasteiger partial charge on any atom is -0.423 e. The molecule has 1 N–H and O–H groups in total. The fourth-order valence-corrected chi connectivity index (χ4v) is 3.32. The van der Waals surface area contributed by atoms with Crippen molar-refractivity contribution in [1.82, 2.24) is 15.2 Å². The summed E-state index contributed by atoms with van der Waals surface area (Å²) in [6, 6.07) is 13.0. The van der Waals surface area contributed by atoms with Crippen LogP contribution in [0.1, 0.15) is 52.8 Å². The van der Waals surface area contributed by atoms with Crippen LogP contribution in [0.5, 0.6) is 5.75 Å². The fraction of sp³-hybridized carbons (Fsp3) is 0.250. The molecule has 1 aromatic heterocycles. The third kappa shape index (κ3) is 5.34. The van der Waals surface area contributed by atoms with Crippen molar-refractivity contribution in [2.45, 2.75) is 40.7 Å². The van der Waals surface area contributed by atoms with Gasteiger partial charge in [0.2, 0.25) is 0 Å². The maximum Gasteiger partial charge on any atom is 0.343 e. The van der Waals surface area contributed by atoms with Gasteiger partial charge in [0.1, 0.15) is 23.2 Å². The van der Waals surface area contributed by atoms with E-state index in [0.29, 0.717) is 28.3 Å². The first-order valence-electron chi connectivity index (χ1n) is 10.5. The molecule has 0 aliphatic rings. The predicted octanol–water partition coefficient (Wildman–Crippen LogP) is 4.04. The first kappa shape index (κ1) is 24.3. The van der Waals surface area contributed by atoms with E-state index in [1.807, 2.05) is 19.1 Å². The fourth-order valence-electron chi connectivity index (χ4n) is 3.32. The molecule has 0 radical (unpaired) electrons. The summed E-state index contributed by atoms with van der Waals surface area (Å²) in [7, 11) is 0. The van der Waals surface area contributed by atoms with Crippen molar-refractivity contribution in [3.8, 4) is 5.75 Å². The normalized spacial score (nSPS) is 12.2. The molecule has 1 unspecified atom stereocenters. The SMILES string of the molecule is C/C(=N\NC(=O)C(C)n1nc(C)c([N+](=O)[O-])c1C)c1ccc(OC(=O)c2ccc(C)cc2)cc1. The van der Waals surface area contributed by atoms with Crippen LogP contribution in [-0.4, -0.2) is 32.3 Å². The number of carbonyl (C=O) groups is 2. The molecule has 176 valence electrons. The molecule has 34 heavy (non-hydrogen) atoms. The number of aromatic nitrogens is 2. The Bertz CT molecular complexity index is 1260. The van der Waals surface area contributed by atoms with Gasteiger partial charge in [-0.05, 0) is 76.6 Å². The number of ether oxygens (including phenoxy) is 1. The molecular formula is C24H25N5O5. The summed E-state index contributed by atoms with van der Waals surface area (Å²) in [5.74, 6) is -0.543. The molecule has 10 nitrogen and oxygen atoms in total. The van der Waals surface area contributed by atoms with Crippen molar-refractivity contribution < 1.29 is 19.2 Å². The largest absolute Gasteiger partial charge is 0.423 e. The van der Waals surface area contributed by atoms with Crippen LogP contribution in [0.2, 0.25) is 0 Å². The molecule has 0 aliphatic heterocycles. The smallest absolute Gasteiger partial charge is 0.343 e. The van der Waals surface area contributed by atoms with E-state index in [2.05, 4.69) is 15.6 Å². The maximum absolute atomic E-state index is 12.5. The lowest BCUT2D eigenvalue weighted by Gasteiger charge is -2.12. The van der Waals surface area contributed by atoms with Gasteiger partial charge in [-0.15, -0.1) is 0 Å². The van der Waals surface area contributed by atoms with Crippen molar-refractivity contribution >= 4 is 23.3 Å². The van der Waals surface area contributed by atoms with Gasteiger partial charge < -0.3 is 4.74 Å². The van der Waals surface area contributed by atoms with Crippen molar-refractivity contribution in [2.75, 3.05) is 0 Å². The standard InChI is InChI=1S/C24H25N5O5/c1-14-6-8-20(9-7-14)24(31)34-21-12-10-19(11-13-21)15(2)25-26-23(30)18(5)28-17(4)22(29(32)33)16(3)27-28/h6-13,18H,1-5H3,(H,26,30)/b25-15+. The first-order valence-corrected chi connectivity index (χ1v) is 10.5. The molecule has 1 atom stereocenters. The number of benzene rings is 2. The highest BCUT2D eigenvalue weighted by atomic mass is 16.6. The van der Waals surface area contributed by atoms with Gasteiger partial charge in [-0.1, -0.05) is 17.7 Å². The number of hydrogen-bond donors (Lipinski definition) is 1. The first-order chi connectivity index (χ1) is 16.1. The lowest BCUT2D eigenvalue weighted by Crippen LogP contribution is -2.29. The maximum atomic E-state index is 12.5. The molecule has 0 saturated heterocycles. The number of nitro groups is 1. The van der Waals surface area contributed by atoms with Crippen LogP contribution >= 0.6 is 0 Å². The van der Waals surface area contributed by atoms with Crippen LogP contribution in [0.3, 0.4) is 0 Å². The summed E-state index contributed by atoms with van der Waals surface area (Å²) in [6.45, 7) is 8.30. The van der Waals surface area contributed by atoms with Crippen LogP contribution in [0.15, 0.2) is 53.6 Å². The number of hydrazone groups is 1. The summed E-state index contributed by atoms with van der Waals surface area (Å²) in [5.41, 5.74) is 5.64. The Labute approximate surface area is 196 Å². The molecule has 1 amide bonds. The second-order valence-corrected chi connectivity index (χ2v) is 7.85. The minimum atomic E-state index is -0.799. The lowest BCUT2D eigenvalue weighted by molar-refractivity contribution is -0.386. The summed E-state index contributed by atoms with van der Waals surface area (Å²) in [6.07, 6.45) is 0. The summed E-state index contributed by atoms with van der Waals surface area (Å²) >= 11 is 0. The number of rotatable bonds is 7. The average molecular weight is 463 g/mol. The van der Waals surface area contributed by atoms with Crippen LogP contribution < -0.4 is 10.2 Å². The summed E-state index contributed by atoms with van der Waals surface area (Å²) < 4.78 is 6.70. The third-order valence-electron chi connectivity index (χ3n) is 5.32. The van der Waals surface area contributed by atoms with E-state index in [4.69, 9.17) is 4.74 Å². The Kier molecular flexibility index (Phi) is 7.20. The quantitative estimate of drug-likeness (QED) is 0.185. The minimum absolute atomic E-state index is 0.109. The Hall–Kier alpha value is -4.34. The van der Waals surface area contributed by atoms with Gasteiger partial charge in [0.25, 0.3) is 5.91 Å². The zero-order valence-electron chi connectivity index (χ0n) is 19.5. The molecule has 3 rings (SSSR count). The highest BCUT2D eigenvalue weighted by molar-refractivity contribution is 5.99. The van der Waals surface area contributed by atoms with Gasteiger partial charge in [-0.2, -0.15) is 10.2 Å². The van der Waals surface area contributed by atoms with Gasteiger partial charge in [-0.25, -0.2) is 10.2 Å². The second-order valence-electron chi connectivity index (χ2n) is 7.85. The van der Waals surface area contributed by atoms with Crippen molar-refractivity contribution in [3.05, 3.63) is 86.7 Å². The molecule has 0 saturated carbocycles. The second kappa shape index (κ2) is 10.1. The zero-order chi connectivity index (χ0) is 25.0. The molecule has 0 bridgehead atoms. The van der Waals surface area contributed by atoms with Gasteiger partial charge in [0.15, 0.2) is 0 Å². The van der Waals surface area contributed by atoms with Crippen molar-refractivity contribution in [2.24, 2.45) is 5.10 Å². The highest BCUT2D eigenvalue weighted by Gasteiger charge is 2.27. The predicted molar refractivity (Wildman–Crippen MR) is 126 cm³/mol. The van der Waals surface area contributed by atoms with Gasteiger partial charge in [0.05, 0.1) is 16.2 Å². The van der Waals surface area contributed by atoms with E-state index in [1.54, 1.807) is 57.2 Å². The highest BCUT2D eigenvalue weighted by Crippen LogP contribution is 2.24. The number of nitrogens with zero attached hydrogens (tertiary/aromatic N) is 4. The van der Waals surface area contributed by atoms with Crippen LogP contribution in [0, 0.1) is 30.9 Å². The van der Waals surface area contributed by atoms with E-state index >= 15 is 0 Å². The zero-order valence-corrected chi connectivity index (χ0v) is 19.5. The monoisotopic (exact) mass is 463 g/mol. The summed E-state index contributed by atoms with van der Waals surface area (Å²) in [4.78, 5) is 35.5. The van der Waals surface area contributed by atoms with E-state index < -0.39 is 22.8 Å². The molecule has 10 heteroatoms. The molecule has 3 aromatic rings. The van der Waals surface area contributed by atoms with Gasteiger partial charge >= 0.3 is 11.7 Å². The Morgan fingerprint density at radius 3 is 2.21 bits per heavy atom. The van der Waals surface area contributed by atoms with E-state index in [1.165, 1.54) is 11.6 Å². The molecular weight excluding hydrogens is 438 g/mol. The molecule has 0 spiro atoms. The number of hydrogen-bond acceptors (Lipinski definition) is 7. The molecule has 0 fully saturated rings. The Balaban J connectivity index is 1.64. The van der Waals surface area contributed by atoms with Crippen LogP contribution in [-0.2, 0) is 4.79 Å². The van der Waals surface area contributed by atoms with E-state index in [-0.39, 0.29) is 11.4 Å².